The molecule has 1 unspecified atom stereocenters. The molecule has 2 saturated heterocycles. The van der Waals surface area contributed by atoms with Crippen molar-refractivity contribution >= 4 is 5.97 Å². The molecule has 1 atom stereocenters. The summed E-state index contributed by atoms with van der Waals surface area (Å²) in [5.41, 5.74) is 0.618. The summed E-state index contributed by atoms with van der Waals surface area (Å²) in [5.74, 6) is 0.0458. The van der Waals surface area contributed by atoms with E-state index in [2.05, 4.69) is 133 Å². The molecule has 1 N–H and O–H groups in total. The second-order valence-electron chi connectivity index (χ2n) is 18.9. The minimum Gasteiger partial charge on any atom is -0.507 e. The lowest BCUT2D eigenvalue weighted by Gasteiger charge is -2.54. The van der Waals surface area contributed by atoms with Crippen molar-refractivity contribution in [3.05, 3.63) is 28.8 Å². The first-order valence-electron chi connectivity index (χ1n) is 16.8. The van der Waals surface area contributed by atoms with E-state index in [1.807, 2.05) is 6.92 Å². The van der Waals surface area contributed by atoms with E-state index in [0.29, 0.717) is 12.2 Å². The van der Waals surface area contributed by atoms with E-state index < -0.39 is 5.60 Å². The molecule has 0 bridgehead atoms. The third-order valence-corrected chi connectivity index (χ3v) is 11.0. The fourth-order valence-corrected chi connectivity index (χ4v) is 7.86. The Kier molecular flexibility index (Phi) is 9.68. The molecule has 6 nitrogen and oxygen atoms in total. The SMILES string of the molecule is CN1C(C)(C)CC(OC(=O)C(C)(Cc2cc(C(C)(C)C)c(O)c(C(C)(C)C)c2)OC2CC(C)(C)N(C)C(C)(C)C2)CC1(C)C. The molecule has 6 heteroatoms. The number of benzene rings is 1. The zero-order valence-electron chi connectivity index (χ0n) is 31.4. The first-order valence-corrected chi connectivity index (χ1v) is 16.8. The number of ether oxygens (including phenoxy) is 2. The van der Waals surface area contributed by atoms with Crippen LogP contribution in [0, 0.1) is 0 Å². The van der Waals surface area contributed by atoms with Gasteiger partial charge in [-0.25, -0.2) is 4.79 Å². The Morgan fingerprint density at radius 1 is 0.727 bits per heavy atom. The van der Waals surface area contributed by atoms with Crippen molar-refractivity contribution in [2.45, 2.75) is 187 Å². The number of phenols is 1. The van der Waals surface area contributed by atoms with Crippen LogP contribution in [0.3, 0.4) is 0 Å². The third kappa shape index (κ3) is 7.66. The van der Waals surface area contributed by atoms with E-state index in [-0.39, 0.29) is 51.2 Å². The Balaban J connectivity index is 2.08. The van der Waals surface area contributed by atoms with Crippen molar-refractivity contribution in [1.82, 2.24) is 9.80 Å². The number of carbonyl (C=O) groups excluding carboxylic acids is 1. The largest absolute Gasteiger partial charge is 0.507 e. The summed E-state index contributed by atoms with van der Waals surface area (Å²) < 4.78 is 13.5. The molecule has 2 aliphatic heterocycles. The van der Waals surface area contributed by atoms with Gasteiger partial charge in [0.1, 0.15) is 11.9 Å². The predicted octanol–water partition coefficient (Wildman–Crippen LogP) is 8.15. The molecule has 2 aliphatic rings. The lowest BCUT2D eigenvalue weighted by Crippen LogP contribution is -2.62. The molecule has 2 heterocycles. The number of phenolic OH excluding ortho intramolecular Hbond substituents is 1. The molecule has 0 aromatic heterocycles. The monoisotopic (exact) mass is 615 g/mol. The number of hydrogen-bond acceptors (Lipinski definition) is 6. The van der Waals surface area contributed by atoms with Gasteiger partial charge < -0.3 is 14.6 Å². The Morgan fingerprint density at radius 2 is 1.07 bits per heavy atom. The van der Waals surface area contributed by atoms with Crippen LogP contribution in [0.4, 0.5) is 0 Å². The molecule has 0 saturated carbocycles. The van der Waals surface area contributed by atoms with E-state index in [1.54, 1.807) is 0 Å². The first kappa shape index (κ1) is 36.8. The summed E-state index contributed by atoms with van der Waals surface area (Å²) in [5, 5.41) is 11.4. The standard InChI is InChI=1S/C38H66N2O4/c1-32(2,3)28-18-25(19-29(30(28)41)33(4,5)6)20-38(15,44-27-23-36(11,12)40(17)37(13,14)24-27)31(42)43-26-21-34(7,8)39(16)35(9,10)22-26/h18-19,26-27,41H,20-24H2,1-17H3. The summed E-state index contributed by atoms with van der Waals surface area (Å²) in [6.45, 7) is 32.6. The fourth-order valence-electron chi connectivity index (χ4n) is 7.86. The highest BCUT2D eigenvalue weighted by Crippen LogP contribution is 2.44. The van der Waals surface area contributed by atoms with Gasteiger partial charge in [0, 0.05) is 41.4 Å². The molecule has 44 heavy (non-hydrogen) atoms. The van der Waals surface area contributed by atoms with Crippen molar-refractivity contribution in [2.75, 3.05) is 14.1 Å². The minimum atomic E-state index is -1.20. The summed E-state index contributed by atoms with van der Waals surface area (Å²) in [7, 11) is 4.35. The third-order valence-electron chi connectivity index (χ3n) is 11.0. The maximum absolute atomic E-state index is 14.5. The predicted molar refractivity (Wildman–Crippen MR) is 183 cm³/mol. The molecule has 1 aromatic carbocycles. The summed E-state index contributed by atoms with van der Waals surface area (Å²) in [6, 6.07) is 4.15. The van der Waals surface area contributed by atoms with Gasteiger partial charge in [0.2, 0.25) is 0 Å². The van der Waals surface area contributed by atoms with Crippen molar-refractivity contribution in [3.63, 3.8) is 0 Å². The summed E-state index contributed by atoms with van der Waals surface area (Å²) in [6.07, 6.45) is 3.23. The van der Waals surface area contributed by atoms with Crippen LogP contribution in [0.2, 0.25) is 0 Å². The van der Waals surface area contributed by atoms with Crippen LogP contribution in [0.15, 0.2) is 12.1 Å². The number of likely N-dealkylation sites (tertiary alicyclic amines) is 2. The molecule has 0 aliphatic carbocycles. The number of carbonyl (C=O) groups is 1. The molecular formula is C38H66N2O4. The Hall–Kier alpha value is -1.63. The lowest BCUT2D eigenvalue weighted by molar-refractivity contribution is -0.200. The van der Waals surface area contributed by atoms with Gasteiger partial charge in [0.05, 0.1) is 6.10 Å². The quantitative estimate of drug-likeness (QED) is 0.326. The van der Waals surface area contributed by atoms with E-state index >= 15 is 0 Å². The topological polar surface area (TPSA) is 62.2 Å². The molecule has 1 aromatic rings. The fraction of sp³-hybridized carbons (Fsp3) is 0.816. The van der Waals surface area contributed by atoms with E-state index in [9.17, 15) is 9.90 Å². The van der Waals surface area contributed by atoms with Crippen molar-refractivity contribution < 1.29 is 19.4 Å². The number of hydrogen-bond donors (Lipinski definition) is 1. The van der Waals surface area contributed by atoms with E-state index in [4.69, 9.17) is 9.47 Å². The number of rotatable bonds is 6. The maximum atomic E-state index is 14.5. The number of aromatic hydroxyl groups is 1. The van der Waals surface area contributed by atoms with Crippen LogP contribution in [-0.2, 0) is 31.5 Å². The summed E-state index contributed by atoms with van der Waals surface area (Å²) in [4.78, 5) is 19.3. The van der Waals surface area contributed by atoms with Crippen molar-refractivity contribution in [3.8, 4) is 5.75 Å². The van der Waals surface area contributed by atoms with Crippen LogP contribution in [0.5, 0.6) is 5.75 Å². The summed E-state index contributed by atoms with van der Waals surface area (Å²) >= 11 is 0. The van der Waals surface area contributed by atoms with Crippen LogP contribution in [0.1, 0.15) is 146 Å². The van der Waals surface area contributed by atoms with Gasteiger partial charge >= 0.3 is 5.97 Å². The molecule has 0 radical (unpaired) electrons. The second-order valence-corrected chi connectivity index (χ2v) is 18.9. The first-order chi connectivity index (χ1) is 19.5. The molecule has 2 fully saturated rings. The Bertz CT molecular complexity index is 1150. The maximum Gasteiger partial charge on any atom is 0.338 e. The molecular weight excluding hydrogens is 548 g/mol. The van der Waals surface area contributed by atoms with Crippen LogP contribution in [-0.4, -0.2) is 74.9 Å². The van der Waals surface area contributed by atoms with Crippen molar-refractivity contribution in [2.24, 2.45) is 0 Å². The minimum absolute atomic E-state index is 0.0867. The van der Waals surface area contributed by atoms with Crippen LogP contribution >= 0.6 is 0 Å². The highest BCUT2D eigenvalue weighted by Gasteiger charge is 2.50. The van der Waals surface area contributed by atoms with Gasteiger partial charge in [-0.15, -0.1) is 0 Å². The van der Waals surface area contributed by atoms with Crippen molar-refractivity contribution in [1.29, 1.82) is 0 Å². The molecule has 0 amide bonds. The number of esters is 1. The molecule has 0 spiro atoms. The second kappa shape index (κ2) is 11.6. The van der Waals surface area contributed by atoms with E-state index in [1.165, 1.54) is 0 Å². The average molecular weight is 615 g/mol. The Morgan fingerprint density at radius 3 is 1.41 bits per heavy atom. The van der Waals surface area contributed by atoms with Gasteiger partial charge in [-0.3, -0.25) is 9.80 Å². The van der Waals surface area contributed by atoms with E-state index in [0.717, 1.165) is 42.4 Å². The zero-order valence-corrected chi connectivity index (χ0v) is 31.4. The normalized spacial score (nSPS) is 24.6. The molecule has 252 valence electrons. The molecule has 3 rings (SSSR count). The van der Waals surface area contributed by atoms with Gasteiger partial charge in [0.25, 0.3) is 0 Å². The average Bonchev–Trinajstić information content (AvgIpc) is 2.79. The zero-order chi connectivity index (χ0) is 34.1. The number of nitrogens with zero attached hydrogens (tertiary/aromatic N) is 2. The van der Waals surface area contributed by atoms with Gasteiger partial charge in [-0.1, -0.05) is 53.7 Å². The van der Waals surface area contributed by atoms with Gasteiger partial charge in [-0.2, -0.15) is 0 Å². The van der Waals surface area contributed by atoms with Gasteiger partial charge in [0.15, 0.2) is 5.60 Å². The van der Waals surface area contributed by atoms with Gasteiger partial charge in [-0.05, 0) is 117 Å². The van der Waals surface area contributed by atoms with Crippen LogP contribution in [0.25, 0.3) is 0 Å². The highest BCUT2D eigenvalue weighted by molar-refractivity contribution is 5.80. The number of piperidine rings is 2. The smallest absolute Gasteiger partial charge is 0.338 e. The lowest BCUT2D eigenvalue weighted by atomic mass is 9.77. The van der Waals surface area contributed by atoms with Crippen LogP contribution < -0.4 is 0 Å². The highest BCUT2D eigenvalue weighted by atomic mass is 16.6. The Labute approximate surface area is 270 Å².